The Labute approximate surface area is 87.9 Å². The fourth-order valence-electron chi connectivity index (χ4n) is 1.90. The Morgan fingerprint density at radius 1 is 1.14 bits per heavy atom. The first-order chi connectivity index (χ1) is 6.76. The monoisotopic (exact) mass is 194 g/mol. The van der Waals surface area contributed by atoms with Gasteiger partial charge in [-0.05, 0) is 27.7 Å². The summed E-state index contributed by atoms with van der Waals surface area (Å²) in [6.07, 6.45) is 4.58. The van der Waals surface area contributed by atoms with Crippen molar-refractivity contribution in [1.29, 1.82) is 0 Å². The van der Waals surface area contributed by atoms with Gasteiger partial charge in [-0.15, -0.1) is 0 Å². The lowest BCUT2D eigenvalue weighted by molar-refractivity contribution is -0.521. The minimum Gasteiger partial charge on any atom is -0.332 e. The predicted molar refractivity (Wildman–Crippen MR) is 60.6 cm³/mol. The zero-order valence-electron chi connectivity index (χ0n) is 9.93. The number of nitrogens with zero attached hydrogens (tertiary/aromatic N) is 2. The van der Waals surface area contributed by atoms with E-state index in [1.165, 1.54) is 11.4 Å². The number of hydrogen-bond donors (Lipinski definition) is 0. The molecule has 78 valence electrons. The molecule has 0 amide bonds. The third kappa shape index (κ3) is 2.13. The van der Waals surface area contributed by atoms with Gasteiger partial charge in [0.2, 0.25) is 0 Å². The lowest BCUT2D eigenvalue weighted by Crippen LogP contribution is -2.34. The van der Waals surface area contributed by atoms with Gasteiger partial charge >= 0.3 is 11.8 Å². The van der Waals surface area contributed by atoms with E-state index in [0.717, 1.165) is 32.6 Å². The second-order valence-electron chi connectivity index (χ2n) is 3.54. The van der Waals surface area contributed by atoms with Crippen molar-refractivity contribution >= 4 is 5.71 Å². The fourth-order valence-corrected chi connectivity index (χ4v) is 1.90. The van der Waals surface area contributed by atoms with E-state index in [1.807, 2.05) is 0 Å². The summed E-state index contributed by atoms with van der Waals surface area (Å²) in [7, 11) is 0. The normalized spacial score (nSPS) is 14.3. The van der Waals surface area contributed by atoms with E-state index in [4.69, 9.17) is 0 Å². The highest BCUT2D eigenvalue weighted by Crippen LogP contribution is 2.18. The predicted octanol–water partition coefficient (Wildman–Crippen LogP) is 1.91. The van der Waals surface area contributed by atoms with Crippen molar-refractivity contribution < 1.29 is 4.58 Å². The molecule has 0 fully saturated rings. The van der Waals surface area contributed by atoms with Crippen LogP contribution in [0, 0.1) is 6.08 Å². The molecule has 0 saturated carbocycles. The van der Waals surface area contributed by atoms with Crippen molar-refractivity contribution in [2.45, 2.75) is 34.1 Å². The summed E-state index contributed by atoms with van der Waals surface area (Å²) in [4.78, 5) is 2.38. The van der Waals surface area contributed by atoms with Crippen molar-refractivity contribution in [2.75, 3.05) is 26.2 Å². The van der Waals surface area contributed by atoms with E-state index in [0.29, 0.717) is 0 Å². The lowest BCUT2D eigenvalue weighted by Gasteiger charge is -2.18. The fraction of sp³-hybridized carbons (Fsp3) is 0.750. The first-order valence-corrected chi connectivity index (χ1v) is 5.75. The standard InChI is InChI=1S/C12H22N2/c1-5-13(6-2)11-9-12(10-11)14(7-3)8-4/h5-9H2,1-4H3/q+2. The summed E-state index contributed by atoms with van der Waals surface area (Å²) >= 11 is 0. The van der Waals surface area contributed by atoms with Gasteiger partial charge in [-0.1, -0.05) is 0 Å². The molecular weight excluding hydrogens is 172 g/mol. The SMILES string of the molecule is CCN(CC)C1=[C+]C(=[N+](CC)CC)C1. The first kappa shape index (κ1) is 11.2. The first-order valence-electron chi connectivity index (χ1n) is 5.75. The van der Waals surface area contributed by atoms with Gasteiger partial charge in [0.25, 0.3) is 5.70 Å². The zero-order chi connectivity index (χ0) is 10.6. The smallest absolute Gasteiger partial charge is 0.332 e. The van der Waals surface area contributed by atoms with Crippen molar-refractivity contribution in [2.24, 2.45) is 0 Å². The molecule has 0 heterocycles. The molecule has 2 heteroatoms. The van der Waals surface area contributed by atoms with Crippen LogP contribution in [0.1, 0.15) is 34.1 Å². The Morgan fingerprint density at radius 3 is 2.00 bits per heavy atom. The third-order valence-electron chi connectivity index (χ3n) is 2.91. The Kier molecular flexibility index (Phi) is 4.09. The number of rotatable bonds is 5. The van der Waals surface area contributed by atoms with Gasteiger partial charge in [-0.3, -0.25) is 0 Å². The molecule has 1 aliphatic rings. The molecule has 1 rings (SSSR count). The molecule has 2 nitrogen and oxygen atoms in total. The van der Waals surface area contributed by atoms with Crippen LogP contribution in [0.25, 0.3) is 0 Å². The topological polar surface area (TPSA) is 6.25 Å². The van der Waals surface area contributed by atoms with Crippen LogP contribution in [0.5, 0.6) is 0 Å². The van der Waals surface area contributed by atoms with Crippen molar-refractivity contribution in [3.05, 3.63) is 11.8 Å². The summed E-state index contributed by atoms with van der Waals surface area (Å²) in [6.45, 7) is 13.2. The van der Waals surface area contributed by atoms with E-state index in [1.54, 1.807) is 0 Å². The Balaban J connectivity index is 2.66. The van der Waals surface area contributed by atoms with Crippen LogP contribution < -0.4 is 0 Å². The Hall–Kier alpha value is -0.880. The van der Waals surface area contributed by atoms with Crippen molar-refractivity contribution in [1.82, 2.24) is 4.90 Å². The minimum absolute atomic E-state index is 1.10. The van der Waals surface area contributed by atoms with E-state index < -0.39 is 0 Å². The van der Waals surface area contributed by atoms with E-state index in [-0.39, 0.29) is 0 Å². The number of allylic oxidation sites excluding steroid dienone is 2. The molecule has 0 radical (unpaired) electrons. The Bertz CT molecular complexity index is 241. The molecule has 0 aromatic heterocycles. The number of hydrogen-bond acceptors (Lipinski definition) is 1. The molecule has 1 aliphatic carbocycles. The quantitative estimate of drug-likeness (QED) is 0.478. The zero-order valence-corrected chi connectivity index (χ0v) is 9.93. The summed E-state index contributed by atoms with van der Waals surface area (Å²) in [5.74, 6) is 0. The van der Waals surface area contributed by atoms with Crippen LogP contribution in [0.15, 0.2) is 5.70 Å². The van der Waals surface area contributed by atoms with Crippen LogP contribution in [0.3, 0.4) is 0 Å². The van der Waals surface area contributed by atoms with Crippen LogP contribution in [-0.4, -0.2) is 41.4 Å². The average Bonchev–Trinajstić information content (AvgIpc) is 2.16. The largest absolute Gasteiger partial charge is 0.428 e. The van der Waals surface area contributed by atoms with Gasteiger partial charge in [0.1, 0.15) is 13.1 Å². The second kappa shape index (κ2) is 5.11. The molecule has 0 unspecified atom stereocenters. The molecule has 0 bridgehead atoms. The highest BCUT2D eigenvalue weighted by Gasteiger charge is 2.42. The minimum atomic E-state index is 1.10. The van der Waals surface area contributed by atoms with Gasteiger partial charge < -0.3 is 4.90 Å². The van der Waals surface area contributed by atoms with Gasteiger partial charge in [0.15, 0.2) is 6.42 Å². The summed E-state index contributed by atoms with van der Waals surface area (Å²) in [5.41, 5.74) is 2.77. The maximum Gasteiger partial charge on any atom is 0.428 e. The molecule has 0 saturated heterocycles. The maximum atomic E-state index is 3.47. The van der Waals surface area contributed by atoms with E-state index in [9.17, 15) is 0 Å². The summed E-state index contributed by atoms with van der Waals surface area (Å²) in [6, 6.07) is 0. The van der Waals surface area contributed by atoms with Crippen LogP contribution in [0.4, 0.5) is 0 Å². The molecule has 0 atom stereocenters. The summed E-state index contributed by atoms with van der Waals surface area (Å²) in [5, 5.41) is 0. The molecule has 0 N–H and O–H groups in total. The molecule has 14 heavy (non-hydrogen) atoms. The van der Waals surface area contributed by atoms with Gasteiger partial charge in [-0.2, -0.15) is 4.58 Å². The van der Waals surface area contributed by atoms with Gasteiger partial charge in [0.05, 0.1) is 0 Å². The van der Waals surface area contributed by atoms with E-state index >= 15 is 0 Å². The summed E-state index contributed by atoms with van der Waals surface area (Å²) < 4.78 is 2.38. The second-order valence-corrected chi connectivity index (χ2v) is 3.54. The molecule has 0 spiro atoms. The Morgan fingerprint density at radius 2 is 1.64 bits per heavy atom. The lowest BCUT2D eigenvalue weighted by atomic mass is 10.0. The van der Waals surface area contributed by atoms with E-state index in [2.05, 4.69) is 43.2 Å². The van der Waals surface area contributed by atoms with Crippen LogP contribution in [-0.2, 0) is 0 Å². The van der Waals surface area contributed by atoms with Crippen LogP contribution >= 0.6 is 0 Å². The average molecular weight is 194 g/mol. The van der Waals surface area contributed by atoms with Gasteiger partial charge in [0, 0.05) is 13.1 Å². The third-order valence-corrected chi connectivity index (χ3v) is 2.91. The highest BCUT2D eigenvalue weighted by atomic mass is 15.1. The molecule has 0 aliphatic heterocycles. The highest BCUT2D eigenvalue weighted by molar-refractivity contribution is 5.95. The van der Waals surface area contributed by atoms with Crippen LogP contribution in [0.2, 0.25) is 0 Å². The van der Waals surface area contributed by atoms with Crippen molar-refractivity contribution in [3.63, 3.8) is 0 Å². The molecular formula is C12H22N2+2. The maximum absolute atomic E-state index is 3.47. The molecule has 0 aromatic carbocycles. The molecule has 0 aromatic rings. The van der Waals surface area contributed by atoms with Gasteiger partial charge in [-0.25, -0.2) is 0 Å². The van der Waals surface area contributed by atoms with Crippen molar-refractivity contribution in [3.8, 4) is 0 Å².